The Labute approximate surface area is 212 Å². The summed E-state index contributed by atoms with van der Waals surface area (Å²) in [4.78, 5) is 22.4. The van der Waals surface area contributed by atoms with Crippen molar-refractivity contribution in [3.8, 4) is 17.2 Å². The molecular weight excluding hydrogens is 474 g/mol. The Morgan fingerprint density at radius 2 is 1.56 bits per heavy atom. The van der Waals surface area contributed by atoms with Crippen LogP contribution in [0.15, 0.2) is 36.4 Å². The summed E-state index contributed by atoms with van der Waals surface area (Å²) in [6.07, 6.45) is 0.822. The average Bonchev–Trinajstić information content (AvgIpc) is 3.22. The van der Waals surface area contributed by atoms with Gasteiger partial charge >= 0.3 is 0 Å². The summed E-state index contributed by atoms with van der Waals surface area (Å²) in [5, 5.41) is 0.685. The molecule has 34 heavy (non-hydrogen) atoms. The molecule has 0 spiro atoms. The number of para-hydroxylation sites is 1. The zero-order chi connectivity index (χ0) is 23.8. The van der Waals surface area contributed by atoms with Crippen LogP contribution in [0.4, 0.5) is 5.13 Å². The van der Waals surface area contributed by atoms with E-state index in [2.05, 4.69) is 4.90 Å². The van der Waals surface area contributed by atoms with E-state index in [-0.39, 0.29) is 18.3 Å². The molecule has 0 saturated carbocycles. The van der Waals surface area contributed by atoms with Crippen molar-refractivity contribution in [2.24, 2.45) is 0 Å². The first kappa shape index (κ1) is 27.7. The Morgan fingerprint density at radius 1 is 0.941 bits per heavy atom. The average molecular weight is 508 g/mol. The monoisotopic (exact) mass is 507 g/mol. The van der Waals surface area contributed by atoms with E-state index in [1.807, 2.05) is 59.1 Å². The largest absolute Gasteiger partial charge is 0.490 e. The van der Waals surface area contributed by atoms with Gasteiger partial charge in [-0.05, 0) is 72.1 Å². The van der Waals surface area contributed by atoms with E-state index >= 15 is 0 Å². The highest BCUT2D eigenvalue weighted by atomic mass is 35.5. The molecule has 1 aromatic heterocycles. The number of halogens is 1. The number of carbonyl (C=O) groups excluding carboxylic acids is 1. The number of ether oxygens (including phenoxy) is 3. The first-order valence-electron chi connectivity index (χ1n) is 11.4. The van der Waals surface area contributed by atoms with Gasteiger partial charge in [-0.25, -0.2) is 4.98 Å². The number of anilines is 1. The number of nitrogens with zero attached hydrogens (tertiary/aromatic N) is 3. The maximum atomic E-state index is 13.8. The Balaban J connectivity index is 0.00000408. The second kappa shape index (κ2) is 13.4. The number of rotatable bonds is 12. The van der Waals surface area contributed by atoms with Crippen LogP contribution in [0.25, 0.3) is 10.2 Å². The van der Waals surface area contributed by atoms with Crippen LogP contribution in [-0.4, -0.2) is 62.8 Å². The highest BCUT2D eigenvalue weighted by molar-refractivity contribution is 7.22. The summed E-state index contributed by atoms with van der Waals surface area (Å²) < 4.78 is 18.5. The normalized spacial score (nSPS) is 10.8. The van der Waals surface area contributed by atoms with Crippen LogP contribution in [0.5, 0.6) is 17.2 Å². The van der Waals surface area contributed by atoms with Gasteiger partial charge in [0.2, 0.25) is 5.75 Å². The molecule has 0 radical (unpaired) electrons. The Morgan fingerprint density at radius 3 is 2.12 bits per heavy atom. The molecule has 0 aliphatic heterocycles. The number of fused-ring (bicyclic) bond motifs is 1. The van der Waals surface area contributed by atoms with Crippen LogP contribution in [0.1, 0.15) is 37.6 Å². The first-order valence-corrected chi connectivity index (χ1v) is 12.2. The number of thiazole rings is 1. The van der Waals surface area contributed by atoms with Crippen LogP contribution >= 0.6 is 23.7 Å². The van der Waals surface area contributed by atoms with E-state index in [9.17, 15) is 4.79 Å². The molecule has 7 nitrogen and oxygen atoms in total. The predicted molar refractivity (Wildman–Crippen MR) is 142 cm³/mol. The lowest BCUT2D eigenvalue weighted by Gasteiger charge is -2.22. The number of hydrogen-bond donors (Lipinski definition) is 0. The Bertz CT molecular complexity index is 1010. The lowest BCUT2D eigenvalue weighted by atomic mass is 10.1. The second-order valence-electron chi connectivity index (χ2n) is 7.68. The van der Waals surface area contributed by atoms with Crippen molar-refractivity contribution in [1.82, 2.24) is 9.88 Å². The van der Waals surface area contributed by atoms with Gasteiger partial charge in [0.25, 0.3) is 5.91 Å². The molecule has 3 rings (SSSR count). The van der Waals surface area contributed by atoms with E-state index < -0.39 is 0 Å². The fraction of sp³-hybridized carbons (Fsp3) is 0.440. The van der Waals surface area contributed by atoms with Gasteiger partial charge in [-0.3, -0.25) is 9.69 Å². The van der Waals surface area contributed by atoms with Crippen LogP contribution in [0.2, 0.25) is 0 Å². The van der Waals surface area contributed by atoms with E-state index in [4.69, 9.17) is 19.2 Å². The third-order valence-electron chi connectivity index (χ3n) is 4.90. The zero-order valence-corrected chi connectivity index (χ0v) is 22.1. The summed E-state index contributed by atoms with van der Waals surface area (Å²) in [6.45, 7) is 8.50. The fourth-order valence-corrected chi connectivity index (χ4v) is 4.46. The van der Waals surface area contributed by atoms with Crippen molar-refractivity contribution in [3.05, 3.63) is 42.0 Å². The molecule has 0 bridgehead atoms. The molecule has 0 unspecified atom stereocenters. The molecule has 0 atom stereocenters. The highest BCUT2D eigenvalue weighted by Crippen LogP contribution is 2.40. The SMILES string of the molecule is CCOc1cc(C(=O)N(CCCN(C)C)c2nc3ccccc3s2)cc(OCC)c1OCC.Cl. The van der Waals surface area contributed by atoms with E-state index in [0.29, 0.717) is 54.3 Å². The lowest BCUT2D eigenvalue weighted by Crippen LogP contribution is -2.33. The fourth-order valence-electron chi connectivity index (χ4n) is 3.47. The predicted octanol–water partition coefficient (Wildman–Crippen LogP) is 5.51. The van der Waals surface area contributed by atoms with Crippen molar-refractivity contribution in [1.29, 1.82) is 0 Å². The summed E-state index contributed by atoms with van der Waals surface area (Å²) in [6, 6.07) is 11.4. The summed E-state index contributed by atoms with van der Waals surface area (Å²) in [7, 11) is 4.05. The third kappa shape index (κ3) is 6.74. The second-order valence-corrected chi connectivity index (χ2v) is 8.69. The van der Waals surface area contributed by atoms with Gasteiger partial charge in [-0.1, -0.05) is 23.5 Å². The number of amides is 1. The molecule has 3 aromatic rings. The molecular formula is C25H34ClN3O4S. The molecule has 2 aromatic carbocycles. The Kier molecular flexibility index (Phi) is 10.9. The maximum Gasteiger partial charge on any atom is 0.260 e. The van der Waals surface area contributed by atoms with E-state index in [1.165, 1.54) is 11.3 Å². The van der Waals surface area contributed by atoms with Crippen LogP contribution in [-0.2, 0) is 0 Å². The molecule has 0 aliphatic carbocycles. The van der Waals surface area contributed by atoms with Gasteiger partial charge in [0.05, 0.1) is 30.0 Å². The van der Waals surface area contributed by atoms with Crippen molar-refractivity contribution < 1.29 is 19.0 Å². The van der Waals surface area contributed by atoms with Crippen molar-refractivity contribution in [3.63, 3.8) is 0 Å². The molecule has 9 heteroatoms. The van der Waals surface area contributed by atoms with Crippen LogP contribution < -0.4 is 19.1 Å². The number of aromatic nitrogens is 1. The summed E-state index contributed by atoms with van der Waals surface area (Å²) >= 11 is 1.52. The van der Waals surface area contributed by atoms with Crippen LogP contribution in [0.3, 0.4) is 0 Å². The van der Waals surface area contributed by atoms with Gasteiger partial charge < -0.3 is 19.1 Å². The zero-order valence-electron chi connectivity index (χ0n) is 20.5. The van der Waals surface area contributed by atoms with Crippen molar-refractivity contribution in [2.45, 2.75) is 27.2 Å². The smallest absolute Gasteiger partial charge is 0.260 e. The number of hydrogen-bond acceptors (Lipinski definition) is 7. The van der Waals surface area contributed by atoms with Gasteiger partial charge in [0.15, 0.2) is 16.6 Å². The molecule has 0 saturated heterocycles. The minimum absolute atomic E-state index is 0. The third-order valence-corrected chi connectivity index (χ3v) is 5.96. The topological polar surface area (TPSA) is 64.1 Å². The van der Waals surface area contributed by atoms with Crippen molar-refractivity contribution in [2.75, 3.05) is 51.9 Å². The first-order chi connectivity index (χ1) is 16.0. The van der Waals surface area contributed by atoms with E-state index in [0.717, 1.165) is 23.2 Å². The van der Waals surface area contributed by atoms with Crippen molar-refractivity contribution >= 4 is 45.0 Å². The molecule has 0 N–H and O–H groups in total. The number of benzene rings is 2. The molecule has 0 fully saturated rings. The van der Waals surface area contributed by atoms with Gasteiger partial charge in [0.1, 0.15) is 0 Å². The van der Waals surface area contributed by atoms with Gasteiger partial charge in [-0.15, -0.1) is 12.4 Å². The molecule has 186 valence electrons. The minimum atomic E-state index is -0.141. The van der Waals surface area contributed by atoms with Crippen LogP contribution in [0, 0.1) is 0 Å². The van der Waals surface area contributed by atoms with E-state index in [1.54, 1.807) is 17.0 Å². The standard InChI is InChI=1S/C25H33N3O4S.ClH/c1-6-30-20-16-18(17-21(31-7-2)23(20)32-8-3)24(29)28(15-11-14-27(4)5)25-26-19-12-9-10-13-22(19)33-25;/h9-10,12-13,16-17H,6-8,11,14-15H2,1-5H3;1H. The Hall–Kier alpha value is -2.55. The lowest BCUT2D eigenvalue weighted by molar-refractivity contribution is 0.0985. The van der Waals surface area contributed by atoms with Gasteiger partial charge in [0, 0.05) is 12.1 Å². The molecule has 0 aliphatic rings. The molecule has 1 heterocycles. The molecule has 1 amide bonds. The quantitative estimate of drug-likeness (QED) is 0.322. The maximum absolute atomic E-state index is 13.8. The summed E-state index contributed by atoms with van der Waals surface area (Å²) in [5.41, 5.74) is 1.37. The summed E-state index contributed by atoms with van der Waals surface area (Å²) in [5.74, 6) is 1.40. The number of carbonyl (C=O) groups is 1. The highest BCUT2D eigenvalue weighted by Gasteiger charge is 2.25. The minimum Gasteiger partial charge on any atom is -0.490 e. The van der Waals surface area contributed by atoms with Gasteiger partial charge in [-0.2, -0.15) is 0 Å².